The summed E-state index contributed by atoms with van der Waals surface area (Å²) in [5.74, 6) is -0.186. The van der Waals surface area contributed by atoms with Gasteiger partial charge in [0, 0.05) is 11.5 Å². The van der Waals surface area contributed by atoms with E-state index >= 15 is 0 Å². The molecule has 1 heterocycles. The minimum Gasteiger partial charge on any atom is -0.367 e. The number of halogens is 2. The van der Waals surface area contributed by atoms with E-state index in [1.807, 2.05) is 6.92 Å². The number of anilines is 1. The molecule has 0 aliphatic heterocycles. The Balaban J connectivity index is 2.59. The molecule has 0 radical (unpaired) electrons. The van der Waals surface area contributed by atoms with Crippen molar-refractivity contribution in [3.63, 3.8) is 0 Å². The van der Waals surface area contributed by atoms with Crippen LogP contribution in [0.3, 0.4) is 0 Å². The van der Waals surface area contributed by atoms with Crippen LogP contribution in [0, 0.1) is 5.82 Å². The Morgan fingerprint density at radius 2 is 2.16 bits per heavy atom. The summed E-state index contributed by atoms with van der Waals surface area (Å²) in [5.41, 5.74) is 7.19. The Morgan fingerprint density at radius 3 is 2.79 bits per heavy atom. The van der Waals surface area contributed by atoms with E-state index in [1.54, 1.807) is 12.1 Å². The van der Waals surface area contributed by atoms with Crippen molar-refractivity contribution in [1.82, 2.24) is 5.16 Å². The van der Waals surface area contributed by atoms with Gasteiger partial charge in [-0.3, -0.25) is 0 Å². The Kier molecular flexibility index (Phi) is 4.10. The maximum Gasteiger partial charge on any atom is 0.230 e. The van der Waals surface area contributed by atoms with E-state index in [4.69, 9.17) is 21.9 Å². The van der Waals surface area contributed by atoms with Crippen molar-refractivity contribution < 1.29 is 8.91 Å². The second-order valence-electron chi connectivity index (χ2n) is 4.59. The molecule has 2 aromatic rings. The molecule has 2 rings (SSSR count). The average Bonchev–Trinajstić information content (AvgIpc) is 2.72. The number of benzene rings is 1. The Hall–Kier alpha value is -1.55. The zero-order chi connectivity index (χ0) is 14.0. The second-order valence-corrected chi connectivity index (χ2v) is 5.00. The summed E-state index contributed by atoms with van der Waals surface area (Å²) in [5, 5.41) is 4.27. The minimum atomic E-state index is -0.424. The molecule has 1 atom stereocenters. The zero-order valence-electron chi connectivity index (χ0n) is 10.9. The van der Waals surface area contributed by atoms with Gasteiger partial charge >= 0.3 is 0 Å². The number of nitrogen functional groups attached to an aromatic ring is 1. The number of hydrogen-bond donors (Lipinski definition) is 1. The van der Waals surface area contributed by atoms with Crippen molar-refractivity contribution in [2.45, 2.75) is 32.6 Å². The molecule has 0 spiro atoms. The first kappa shape index (κ1) is 13.9. The molecule has 2 N–H and O–H groups in total. The highest BCUT2D eigenvalue weighted by molar-refractivity contribution is 6.33. The molecule has 1 aromatic heterocycles. The van der Waals surface area contributed by atoms with Crippen LogP contribution in [0.15, 0.2) is 22.7 Å². The third-order valence-corrected chi connectivity index (χ3v) is 3.46. The molecule has 0 fully saturated rings. The van der Waals surface area contributed by atoms with E-state index < -0.39 is 5.82 Å². The van der Waals surface area contributed by atoms with Crippen molar-refractivity contribution in [3.05, 3.63) is 34.7 Å². The first-order valence-corrected chi connectivity index (χ1v) is 6.63. The third kappa shape index (κ3) is 2.59. The maximum absolute atomic E-state index is 14.0. The number of nitrogens with zero attached hydrogens (tertiary/aromatic N) is 1. The van der Waals surface area contributed by atoms with Crippen molar-refractivity contribution in [3.8, 4) is 11.1 Å². The van der Waals surface area contributed by atoms with Crippen LogP contribution < -0.4 is 5.73 Å². The summed E-state index contributed by atoms with van der Waals surface area (Å²) in [6.45, 7) is 4.09. The summed E-state index contributed by atoms with van der Waals surface area (Å²) >= 11 is 6.08. The van der Waals surface area contributed by atoms with E-state index in [2.05, 4.69) is 12.1 Å². The van der Waals surface area contributed by atoms with Crippen LogP contribution in [0.4, 0.5) is 10.3 Å². The van der Waals surface area contributed by atoms with Gasteiger partial charge in [-0.15, -0.1) is 0 Å². The molecule has 1 unspecified atom stereocenters. The quantitative estimate of drug-likeness (QED) is 0.890. The molecule has 0 aliphatic rings. The first-order chi connectivity index (χ1) is 9.06. The molecule has 3 nitrogen and oxygen atoms in total. The van der Waals surface area contributed by atoms with Gasteiger partial charge in [0.05, 0.1) is 16.3 Å². The van der Waals surface area contributed by atoms with Gasteiger partial charge in [-0.2, -0.15) is 0 Å². The van der Waals surface area contributed by atoms with Crippen LogP contribution in [0.25, 0.3) is 11.1 Å². The van der Waals surface area contributed by atoms with Gasteiger partial charge in [-0.05, 0) is 18.6 Å². The van der Waals surface area contributed by atoms with E-state index in [1.165, 1.54) is 6.07 Å². The largest absolute Gasteiger partial charge is 0.367 e. The number of hydrogen-bond acceptors (Lipinski definition) is 3. The predicted octanol–water partition coefficient (Wildman–Crippen LogP) is 4.62. The predicted molar refractivity (Wildman–Crippen MR) is 74.6 cm³/mol. The number of aromatic nitrogens is 1. The number of rotatable bonds is 4. The van der Waals surface area contributed by atoms with Gasteiger partial charge in [0.25, 0.3) is 0 Å². The lowest BCUT2D eigenvalue weighted by atomic mass is 9.94. The highest BCUT2D eigenvalue weighted by Gasteiger charge is 2.24. The first-order valence-electron chi connectivity index (χ1n) is 6.25. The topological polar surface area (TPSA) is 52.0 Å². The summed E-state index contributed by atoms with van der Waals surface area (Å²) in [4.78, 5) is 0. The summed E-state index contributed by atoms with van der Waals surface area (Å²) in [7, 11) is 0. The lowest BCUT2D eigenvalue weighted by molar-refractivity contribution is 0.419. The fourth-order valence-corrected chi connectivity index (χ4v) is 2.47. The van der Waals surface area contributed by atoms with Crippen molar-refractivity contribution >= 4 is 17.5 Å². The molecule has 0 aliphatic carbocycles. The molecule has 0 saturated heterocycles. The Bertz CT molecular complexity index is 563. The average molecular weight is 283 g/mol. The van der Waals surface area contributed by atoms with Crippen molar-refractivity contribution in [2.24, 2.45) is 0 Å². The van der Waals surface area contributed by atoms with Crippen LogP contribution >= 0.6 is 11.6 Å². The zero-order valence-corrected chi connectivity index (χ0v) is 11.7. The van der Waals surface area contributed by atoms with Crippen LogP contribution in [-0.4, -0.2) is 5.16 Å². The van der Waals surface area contributed by atoms with Gasteiger partial charge in [-0.1, -0.05) is 43.1 Å². The van der Waals surface area contributed by atoms with Crippen molar-refractivity contribution in [1.29, 1.82) is 0 Å². The van der Waals surface area contributed by atoms with E-state index in [9.17, 15) is 4.39 Å². The van der Waals surface area contributed by atoms with Crippen LogP contribution in [-0.2, 0) is 0 Å². The molecular weight excluding hydrogens is 267 g/mol. The Morgan fingerprint density at radius 1 is 1.42 bits per heavy atom. The fourth-order valence-electron chi connectivity index (χ4n) is 2.21. The minimum absolute atomic E-state index is 0.102. The van der Waals surface area contributed by atoms with Crippen LogP contribution in [0.5, 0.6) is 0 Å². The third-order valence-electron chi connectivity index (χ3n) is 3.15. The van der Waals surface area contributed by atoms with E-state index in [0.29, 0.717) is 16.3 Å². The van der Waals surface area contributed by atoms with E-state index in [0.717, 1.165) is 12.8 Å². The maximum atomic E-state index is 14.0. The smallest absolute Gasteiger partial charge is 0.230 e. The SMILES string of the molecule is CCCC(C)c1noc(N)c1-c1c(F)cccc1Cl. The molecular formula is C14H16ClFN2O. The lowest BCUT2D eigenvalue weighted by Gasteiger charge is -2.10. The summed E-state index contributed by atoms with van der Waals surface area (Å²) in [6, 6.07) is 4.53. The fraction of sp³-hybridized carbons (Fsp3) is 0.357. The molecule has 1 aromatic carbocycles. The molecule has 19 heavy (non-hydrogen) atoms. The lowest BCUT2D eigenvalue weighted by Crippen LogP contribution is -1.98. The standard InChI is InChI=1S/C14H16ClFN2O/c1-3-5-8(2)13-12(14(17)19-18-13)11-9(15)6-4-7-10(11)16/h4,6-8H,3,5,17H2,1-2H3. The summed E-state index contributed by atoms with van der Waals surface area (Å²) in [6.07, 6.45) is 1.92. The van der Waals surface area contributed by atoms with Crippen molar-refractivity contribution in [2.75, 3.05) is 5.73 Å². The summed E-state index contributed by atoms with van der Waals surface area (Å²) < 4.78 is 19.0. The van der Waals surface area contributed by atoms with Gasteiger partial charge in [-0.25, -0.2) is 4.39 Å². The molecule has 102 valence electrons. The second kappa shape index (κ2) is 5.61. The number of nitrogens with two attached hydrogens (primary N) is 1. The molecule has 5 heteroatoms. The highest BCUT2D eigenvalue weighted by Crippen LogP contribution is 2.40. The van der Waals surface area contributed by atoms with E-state index in [-0.39, 0.29) is 17.4 Å². The van der Waals surface area contributed by atoms with Gasteiger partial charge < -0.3 is 10.3 Å². The van der Waals surface area contributed by atoms with Crippen LogP contribution in [0.2, 0.25) is 5.02 Å². The monoisotopic (exact) mass is 282 g/mol. The molecule has 0 bridgehead atoms. The normalized spacial score (nSPS) is 12.6. The van der Waals surface area contributed by atoms with Gasteiger partial charge in [0.15, 0.2) is 0 Å². The highest BCUT2D eigenvalue weighted by atomic mass is 35.5. The van der Waals surface area contributed by atoms with Gasteiger partial charge in [0.1, 0.15) is 5.82 Å². The molecule has 0 amide bonds. The Labute approximate surface area is 116 Å². The van der Waals surface area contributed by atoms with Gasteiger partial charge in [0.2, 0.25) is 5.88 Å². The molecule has 0 saturated carbocycles. The van der Waals surface area contributed by atoms with Crippen LogP contribution in [0.1, 0.15) is 38.3 Å².